The Morgan fingerprint density at radius 3 is 2.80 bits per heavy atom. The van der Waals surface area contributed by atoms with Gasteiger partial charge in [0, 0.05) is 14.2 Å². The lowest BCUT2D eigenvalue weighted by Crippen LogP contribution is -2.04. The molecule has 1 fully saturated rings. The maximum Gasteiger partial charge on any atom is 0.327 e. The molecule has 4 unspecified atom stereocenters. The highest BCUT2D eigenvalue weighted by Crippen LogP contribution is 2.56. The maximum atomic E-state index is 11.5. The van der Waals surface area contributed by atoms with E-state index in [4.69, 9.17) is 0 Å². The van der Waals surface area contributed by atoms with E-state index in [9.17, 15) is 9.46 Å². The van der Waals surface area contributed by atoms with Crippen LogP contribution in [0.25, 0.3) is 0 Å². The molecule has 0 spiro atoms. The summed E-state index contributed by atoms with van der Waals surface area (Å²) >= 11 is 0. The maximum absolute atomic E-state index is 11.5. The Morgan fingerprint density at radius 1 is 1.40 bits per heavy atom. The van der Waals surface area contributed by atoms with Crippen LogP contribution in [-0.2, 0) is 29.0 Å². The number of hydrogen-bond donors (Lipinski definition) is 1. The van der Waals surface area contributed by atoms with Gasteiger partial charge in [-0.05, 0) is 49.9 Å². The first-order chi connectivity index (χ1) is 9.52. The Kier molecular flexibility index (Phi) is 3.73. The zero-order valence-electron chi connectivity index (χ0n) is 12.0. The number of rotatable bonds is 4. The molecule has 1 saturated carbocycles. The Bertz CT molecular complexity index is 545. The lowest BCUT2D eigenvalue weighted by Gasteiger charge is -2.07. The zero-order chi connectivity index (χ0) is 14.3. The third-order valence-corrected chi connectivity index (χ3v) is 6.39. The summed E-state index contributed by atoms with van der Waals surface area (Å²) in [4.78, 5) is 9.50. The van der Waals surface area contributed by atoms with Crippen LogP contribution in [0.5, 0.6) is 0 Å². The van der Waals surface area contributed by atoms with Gasteiger partial charge < -0.3 is 9.42 Å². The van der Waals surface area contributed by atoms with Crippen LogP contribution < -0.4 is 0 Å². The van der Waals surface area contributed by atoms with Crippen molar-refractivity contribution in [2.75, 3.05) is 13.3 Å². The molecule has 0 radical (unpaired) electrons. The summed E-state index contributed by atoms with van der Waals surface area (Å²) in [7, 11) is -0.0776. The van der Waals surface area contributed by atoms with Gasteiger partial charge in [0.2, 0.25) is 0 Å². The third-order valence-electron chi connectivity index (χ3n) is 4.99. The molecule has 6 nitrogen and oxygen atoms in total. The first kappa shape index (κ1) is 14.2. The summed E-state index contributed by atoms with van der Waals surface area (Å²) in [6, 6.07) is 0. The van der Waals surface area contributed by atoms with Crippen molar-refractivity contribution >= 4 is 7.60 Å². The van der Waals surface area contributed by atoms with E-state index in [2.05, 4.69) is 14.8 Å². The number of aryl methyl sites for hydroxylation is 2. The standard InChI is InChI=1S/C13H22N3O3P/c1-16-13-6-4-10-9(3-5-12(13)14-15-16)11(10)7-8-20(17,18)19-2/h9-11H,3-8H2,1-2H3,(H,17,18). The largest absolute Gasteiger partial charge is 0.327 e. The summed E-state index contributed by atoms with van der Waals surface area (Å²) in [6.45, 7) is 0. The molecule has 3 rings (SSSR count). The first-order valence-corrected chi connectivity index (χ1v) is 9.03. The summed E-state index contributed by atoms with van der Waals surface area (Å²) in [5.74, 6) is 1.99. The second kappa shape index (κ2) is 5.24. The number of hydrogen-bond acceptors (Lipinski definition) is 4. The molecule has 4 atom stereocenters. The quantitative estimate of drug-likeness (QED) is 0.857. The molecule has 0 aromatic carbocycles. The number of fused-ring (bicyclic) bond motifs is 2. The molecule has 20 heavy (non-hydrogen) atoms. The van der Waals surface area contributed by atoms with Crippen molar-refractivity contribution < 1.29 is 14.0 Å². The van der Waals surface area contributed by atoms with Crippen molar-refractivity contribution in [2.24, 2.45) is 24.8 Å². The average molecular weight is 299 g/mol. The van der Waals surface area contributed by atoms with Crippen LogP contribution in [0.3, 0.4) is 0 Å². The Balaban J connectivity index is 1.59. The zero-order valence-corrected chi connectivity index (χ0v) is 12.9. The SMILES string of the molecule is COP(=O)(O)CCC1C2CCc3nnn(C)c3CCC21. The van der Waals surface area contributed by atoms with E-state index in [0.717, 1.165) is 37.8 Å². The van der Waals surface area contributed by atoms with E-state index in [1.165, 1.54) is 12.8 Å². The lowest BCUT2D eigenvalue weighted by molar-refractivity contribution is 0.313. The molecule has 112 valence electrons. The summed E-state index contributed by atoms with van der Waals surface area (Å²) in [6.07, 6.45) is 5.38. The highest BCUT2D eigenvalue weighted by molar-refractivity contribution is 7.52. The fraction of sp³-hybridized carbons (Fsp3) is 0.846. The van der Waals surface area contributed by atoms with Gasteiger partial charge in [-0.25, -0.2) is 0 Å². The summed E-state index contributed by atoms with van der Waals surface area (Å²) in [5, 5.41) is 8.34. The van der Waals surface area contributed by atoms with Crippen LogP contribution in [0.15, 0.2) is 0 Å². The fourth-order valence-electron chi connectivity index (χ4n) is 3.74. The Hall–Kier alpha value is -0.710. The molecule has 7 heteroatoms. The van der Waals surface area contributed by atoms with Crippen LogP contribution >= 0.6 is 7.60 Å². The Labute approximate surface area is 119 Å². The average Bonchev–Trinajstić information content (AvgIpc) is 2.94. The van der Waals surface area contributed by atoms with Gasteiger partial charge in [-0.1, -0.05) is 5.21 Å². The van der Waals surface area contributed by atoms with E-state index in [1.807, 2.05) is 11.7 Å². The molecule has 1 aromatic rings. The van der Waals surface area contributed by atoms with E-state index >= 15 is 0 Å². The molecule has 0 bridgehead atoms. The number of aromatic nitrogens is 3. The fourth-order valence-corrected chi connectivity index (χ4v) is 4.55. The summed E-state index contributed by atoms with van der Waals surface area (Å²) < 4.78 is 18.1. The molecular weight excluding hydrogens is 277 g/mol. The number of nitrogens with zero attached hydrogens (tertiary/aromatic N) is 3. The minimum atomic E-state index is -3.34. The van der Waals surface area contributed by atoms with Crippen molar-refractivity contribution in [1.29, 1.82) is 0 Å². The smallest absolute Gasteiger partial charge is 0.324 e. The summed E-state index contributed by atoms with van der Waals surface area (Å²) in [5.41, 5.74) is 2.40. The molecule has 0 aliphatic heterocycles. The molecule has 0 amide bonds. The monoisotopic (exact) mass is 299 g/mol. The molecule has 2 aliphatic carbocycles. The first-order valence-electron chi connectivity index (χ1n) is 7.27. The second-order valence-corrected chi connectivity index (χ2v) is 8.09. The van der Waals surface area contributed by atoms with Crippen molar-refractivity contribution in [2.45, 2.75) is 32.1 Å². The predicted molar refractivity (Wildman–Crippen MR) is 74.4 cm³/mol. The van der Waals surface area contributed by atoms with E-state index in [-0.39, 0.29) is 6.16 Å². The van der Waals surface area contributed by atoms with Crippen LogP contribution in [0.1, 0.15) is 30.7 Å². The van der Waals surface area contributed by atoms with Crippen molar-refractivity contribution in [3.8, 4) is 0 Å². The molecule has 1 N–H and O–H groups in total. The minimum Gasteiger partial charge on any atom is -0.324 e. The van der Waals surface area contributed by atoms with Gasteiger partial charge in [0.15, 0.2) is 0 Å². The third kappa shape index (κ3) is 2.69. The second-order valence-electron chi connectivity index (χ2n) is 6.01. The topological polar surface area (TPSA) is 77.2 Å². The van der Waals surface area contributed by atoms with Crippen molar-refractivity contribution in [3.05, 3.63) is 11.4 Å². The van der Waals surface area contributed by atoms with Crippen LogP contribution in [-0.4, -0.2) is 33.2 Å². The van der Waals surface area contributed by atoms with Gasteiger partial charge >= 0.3 is 7.60 Å². The predicted octanol–water partition coefficient (Wildman–Crippen LogP) is 1.78. The molecule has 1 heterocycles. The van der Waals surface area contributed by atoms with E-state index in [0.29, 0.717) is 17.8 Å². The van der Waals surface area contributed by atoms with Gasteiger partial charge in [-0.3, -0.25) is 9.25 Å². The van der Waals surface area contributed by atoms with E-state index in [1.54, 1.807) is 0 Å². The Morgan fingerprint density at radius 2 is 2.10 bits per heavy atom. The van der Waals surface area contributed by atoms with Crippen LogP contribution in [0, 0.1) is 17.8 Å². The van der Waals surface area contributed by atoms with E-state index < -0.39 is 7.60 Å². The molecule has 0 saturated heterocycles. The molecular formula is C13H22N3O3P. The van der Waals surface area contributed by atoms with Crippen molar-refractivity contribution in [3.63, 3.8) is 0 Å². The minimum absolute atomic E-state index is 0.286. The highest BCUT2D eigenvalue weighted by Gasteiger charge is 2.49. The normalized spacial score (nSPS) is 31.6. The van der Waals surface area contributed by atoms with Crippen LogP contribution in [0.2, 0.25) is 0 Å². The van der Waals surface area contributed by atoms with Gasteiger partial charge in [0.05, 0.1) is 17.5 Å². The van der Waals surface area contributed by atoms with Crippen molar-refractivity contribution in [1.82, 2.24) is 15.0 Å². The molecule has 1 aromatic heterocycles. The highest BCUT2D eigenvalue weighted by atomic mass is 31.2. The van der Waals surface area contributed by atoms with Gasteiger partial charge in [0.25, 0.3) is 0 Å². The van der Waals surface area contributed by atoms with Gasteiger partial charge in [-0.15, -0.1) is 5.10 Å². The molecule has 2 aliphatic rings. The van der Waals surface area contributed by atoms with Gasteiger partial charge in [-0.2, -0.15) is 0 Å². The van der Waals surface area contributed by atoms with Crippen LogP contribution in [0.4, 0.5) is 0 Å². The van der Waals surface area contributed by atoms with Gasteiger partial charge in [0.1, 0.15) is 0 Å². The lowest BCUT2D eigenvalue weighted by atomic mass is 10.0.